The molecule has 2 aliphatic rings. The Bertz CT molecular complexity index is 484. The molecule has 1 N–H and O–H groups in total. The van der Waals surface area contributed by atoms with Crippen LogP contribution in [0.25, 0.3) is 0 Å². The number of hydrogen-bond acceptors (Lipinski definition) is 1. The first-order chi connectivity index (χ1) is 10.2. The largest absolute Gasteiger partial charge is 0.314 e. The molecule has 116 valence electrons. The fraction of sp³-hybridized carbons (Fsp3) is 0.667. The van der Waals surface area contributed by atoms with Gasteiger partial charge in [-0.25, -0.2) is 8.78 Å². The Balaban J connectivity index is 1.75. The molecule has 0 spiro atoms. The molecule has 0 heterocycles. The zero-order chi connectivity index (χ0) is 14.8. The van der Waals surface area contributed by atoms with E-state index in [1.165, 1.54) is 44.2 Å². The van der Waals surface area contributed by atoms with Crippen molar-refractivity contribution in [2.75, 3.05) is 6.54 Å². The molecule has 0 aliphatic heterocycles. The van der Waals surface area contributed by atoms with Crippen LogP contribution < -0.4 is 5.32 Å². The monoisotopic (exact) mass is 293 g/mol. The third-order valence-corrected chi connectivity index (χ3v) is 5.30. The van der Waals surface area contributed by atoms with Gasteiger partial charge in [-0.3, -0.25) is 0 Å². The van der Waals surface area contributed by atoms with Gasteiger partial charge in [0.05, 0.1) is 0 Å². The summed E-state index contributed by atoms with van der Waals surface area (Å²) in [7, 11) is 0. The second-order valence-corrected chi connectivity index (χ2v) is 6.81. The standard InChI is InChI=1S/C18H25F2N/c1-2-12-3-4-14(11-21-15-6-7-15)16(9-12)13-5-8-17(19)18(20)10-13/h5,8,10,12,14-16,21H,2-4,6-7,9,11H2,1H3. The van der Waals surface area contributed by atoms with Crippen LogP contribution in [-0.4, -0.2) is 12.6 Å². The highest BCUT2D eigenvalue weighted by Gasteiger charge is 2.32. The summed E-state index contributed by atoms with van der Waals surface area (Å²) < 4.78 is 26.8. The maximum absolute atomic E-state index is 13.6. The molecule has 0 saturated heterocycles. The summed E-state index contributed by atoms with van der Waals surface area (Å²) in [6.45, 7) is 3.25. The van der Waals surface area contributed by atoms with Gasteiger partial charge >= 0.3 is 0 Å². The van der Waals surface area contributed by atoms with Gasteiger partial charge in [0.15, 0.2) is 11.6 Å². The highest BCUT2D eigenvalue weighted by atomic mass is 19.2. The zero-order valence-electron chi connectivity index (χ0n) is 12.7. The van der Waals surface area contributed by atoms with Crippen LogP contribution in [0.3, 0.4) is 0 Å². The number of nitrogens with one attached hydrogen (secondary N) is 1. The SMILES string of the molecule is CCC1CCC(CNC2CC2)C(c2ccc(F)c(F)c2)C1. The van der Waals surface area contributed by atoms with E-state index in [1.807, 2.05) is 0 Å². The molecule has 0 aromatic heterocycles. The molecule has 0 radical (unpaired) electrons. The van der Waals surface area contributed by atoms with Crippen LogP contribution in [0.15, 0.2) is 18.2 Å². The molecule has 21 heavy (non-hydrogen) atoms. The lowest BCUT2D eigenvalue weighted by Crippen LogP contribution is -2.33. The molecular formula is C18H25F2N. The van der Waals surface area contributed by atoms with Crippen LogP contribution in [0.5, 0.6) is 0 Å². The van der Waals surface area contributed by atoms with Crippen molar-refractivity contribution in [2.45, 2.75) is 57.4 Å². The summed E-state index contributed by atoms with van der Waals surface area (Å²) >= 11 is 0. The predicted octanol–water partition coefficient (Wildman–Crippen LogP) is 4.63. The lowest BCUT2D eigenvalue weighted by molar-refractivity contribution is 0.224. The summed E-state index contributed by atoms with van der Waals surface area (Å²) in [5, 5.41) is 3.62. The summed E-state index contributed by atoms with van der Waals surface area (Å²) in [4.78, 5) is 0. The molecule has 2 fully saturated rings. The van der Waals surface area contributed by atoms with Crippen LogP contribution in [0.1, 0.15) is 56.9 Å². The van der Waals surface area contributed by atoms with Crippen molar-refractivity contribution in [1.29, 1.82) is 0 Å². The van der Waals surface area contributed by atoms with Gasteiger partial charge in [-0.1, -0.05) is 25.8 Å². The van der Waals surface area contributed by atoms with E-state index in [0.29, 0.717) is 17.9 Å². The number of rotatable bonds is 5. The van der Waals surface area contributed by atoms with E-state index in [9.17, 15) is 8.78 Å². The summed E-state index contributed by atoms with van der Waals surface area (Å²) in [5.74, 6) is 0.192. The molecule has 3 heteroatoms. The average molecular weight is 293 g/mol. The van der Waals surface area contributed by atoms with Crippen molar-refractivity contribution in [3.63, 3.8) is 0 Å². The highest BCUT2D eigenvalue weighted by molar-refractivity contribution is 5.23. The van der Waals surface area contributed by atoms with Gasteiger partial charge in [0.25, 0.3) is 0 Å². The minimum Gasteiger partial charge on any atom is -0.314 e. The zero-order valence-corrected chi connectivity index (χ0v) is 12.7. The van der Waals surface area contributed by atoms with Crippen molar-refractivity contribution in [3.8, 4) is 0 Å². The maximum Gasteiger partial charge on any atom is 0.159 e. The average Bonchev–Trinajstić information content (AvgIpc) is 3.32. The molecule has 2 saturated carbocycles. The Morgan fingerprint density at radius 1 is 1.10 bits per heavy atom. The minimum atomic E-state index is -0.741. The Labute approximate surface area is 126 Å². The molecule has 2 aliphatic carbocycles. The Morgan fingerprint density at radius 3 is 2.57 bits per heavy atom. The van der Waals surface area contributed by atoms with E-state index >= 15 is 0 Å². The predicted molar refractivity (Wildman–Crippen MR) is 81.2 cm³/mol. The minimum absolute atomic E-state index is 0.366. The Morgan fingerprint density at radius 2 is 1.90 bits per heavy atom. The van der Waals surface area contributed by atoms with Gasteiger partial charge in [-0.15, -0.1) is 0 Å². The van der Waals surface area contributed by atoms with Crippen LogP contribution in [-0.2, 0) is 0 Å². The van der Waals surface area contributed by atoms with E-state index in [2.05, 4.69) is 12.2 Å². The van der Waals surface area contributed by atoms with Crippen LogP contribution in [0.4, 0.5) is 8.78 Å². The molecule has 0 bridgehead atoms. The van der Waals surface area contributed by atoms with Gasteiger partial charge in [-0.05, 0) is 67.7 Å². The summed E-state index contributed by atoms with van der Waals surface area (Å²) in [5.41, 5.74) is 0.981. The van der Waals surface area contributed by atoms with Gasteiger partial charge < -0.3 is 5.32 Å². The lowest BCUT2D eigenvalue weighted by Gasteiger charge is -2.36. The lowest BCUT2D eigenvalue weighted by atomic mass is 9.70. The summed E-state index contributed by atoms with van der Waals surface area (Å²) in [6.07, 6.45) is 7.34. The topological polar surface area (TPSA) is 12.0 Å². The van der Waals surface area contributed by atoms with Crippen molar-refractivity contribution in [3.05, 3.63) is 35.4 Å². The normalized spacial score (nSPS) is 29.6. The number of hydrogen-bond donors (Lipinski definition) is 1. The fourth-order valence-electron chi connectivity index (χ4n) is 3.69. The summed E-state index contributed by atoms with van der Waals surface area (Å²) in [6, 6.07) is 5.19. The van der Waals surface area contributed by atoms with E-state index in [1.54, 1.807) is 6.07 Å². The quantitative estimate of drug-likeness (QED) is 0.835. The number of benzene rings is 1. The van der Waals surface area contributed by atoms with Crippen LogP contribution >= 0.6 is 0 Å². The molecule has 0 amide bonds. The van der Waals surface area contributed by atoms with Gasteiger partial charge in [0, 0.05) is 6.04 Å². The molecule has 1 aromatic carbocycles. The van der Waals surface area contributed by atoms with Crippen molar-refractivity contribution in [2.24, 2.45) is 11.8 Å². The van der Waals surface area contributed by atoms with Crippen molar-refractivity contribution >= 4 is 0 Å². The first kappa shape index (κ1) is 15.0. The van der Waals surface area contributed by atoms with Gasteiger partial charge in [-0.2, -0.15) is 0 Å². The molecule has 1 aromatic rings. The third-order valence-electron chi connectivity index (χ3n) is 5.30. The second kappa shape index (κ2) is 6.43. The third kappa shape index (κ3) is 3.63. The first-order valence-corrected chi connectivity index (χ1v) is 8.35. The van der Waals surface area contributed by atoms with E-state index < -0.39 is 11.6 Å². The van der Waals surface area contributed by atoms with Crippen LogP contribution in [0.2, 0.25) is 0 Å². The van der Waals surface area contributed by atoms with Crippen molar-refractivity contribution < 1.29 is 8.78 Å². The molecule has 3 atom stereocenters. The van der Waals surface area contributed by atoms with E-state index in [0.717, 1.165) is 24.4 Å². The molecule has 3 unspecified atom stereocenters. The number of halogens is 2. The maximum atomic E-state index is 13.6. The fourth-order valence-corrected chi connectivity index (χ4v) is 3.69. The van der Waals surface area contributed by atoms with Gasteiger partial charge in [0.1, 0.15) is 0 Å². The second-order valence-electron chi connectivity index (χ2n) is 6.81. The van der Waals surface area contributed by atoms with Gasteiger partial charge in [0.2, 0.25) is 0 Å². The Kier molecular flexibility index (Phi) is 4.58. The van der Waals surface area contributed by atoms with E-state index in [-0.39, 0.29) is 0 Å². The molecule has 3 rings (SSSR count). The smallest absolute Gasteiger partial charge is 0.159 e. The Hall–Kier alpha value is -0.960. The van der Waals surface area contributed by atoms with Crippen LogP contribution in [0, 0.1) is 23.5 Å². The molecular weight excluding hydrogens is 268 g/mol. The van der Waals surface area contributed by atoms with E-state index in [4.69, 9.17) is 0 Å². The van der Waals surface area contributed by atoms with Crippen molar-refractivity contribution in [1.82, 2.24) is 5.32 Å². The first-order valence-electron chi connectivity index (χ1n) is 8.35. The highest BCUT2D eigenvalue weighted by Crippen LogP contribution is 2.42. The molecule has 1 nitrogen and oxygen atoms in total.